The third kappa shape index (κ3) is 2.14. The summed E-state index contributed by atoms with van der Waals surface area (Å²) < 4.78 is 17.1. The minimum atomic E-state index is -1.25. The minimum absolute atomic E-state index is 0.167. The van der Waals surface area contributed by atoms with E-state index in [1.54, 1.807) is 44.2 Å². The van der Waals surface area contributed by atoms with Crippen LogP contribution in [0.5, 0.6) is 11.5 Å². The number of aliphatic hydroxyl groups excluding tert-OH is 2. The highest BCUT2D eigenvalue weighted by Crippen LogP contribution is 2.46. The summed E-state index contributed by atoms with van der Waals surface area (Å²) in [5.74, 6) is 0.623. The molecule has 0 bridgehead atoms. The molecule has 130 valence electrons. The average Bonchev–Trinajstić information content (AvgIpc) is 2.58. The summed E-state index contributed by atoms with van der Waals surface area (Å²) in [5.41, 5.74) is -0.446. The Morgan fingerprint density at radius 2 is 1.92 bits per heavy atom. The van der Waals surface area contributed by atoms with Gasteiger partial charge >= 0.3 is 0 Å². The Balaban J connectivity index is 2.19. The molecule has 4 rings (SSSR count). The van der Waals surface area contributed by atoms with Gasteiger partial charge in [0, 0.05) is 6.07 Å². The maximum absolute atomic E-state index is 12.9. The highest BCUT2D eigenvalue weighted by Gasteiger charge is 2.44. The molecule has 6 nitrogen and oxygen atoms in total. The van der Waals surface area contributed by atoms with Gasteiger partial charge in [-0.3, -0.25) is 4.79 Å². The van der Waals surface area contributed by atoms with Crippen molar-refractivity contribution >= 4 is 21.9 Å². The van der Waals surface area contributed by atoms with Crippen molar-refractivity contribution in [2.75, 3.05) is 7.11 Å². The maximum Gasteiger partial charge on any atom is 0.204 e. The first kappa shape index (κ1) is 15.9. The second kappa shape index (κ2) is 5.21. The van der Waals surface area contributed by atoms with Gasteiger partial charge in [-0.25, -0.2) is 0 Å². The van der Waals surface area contributed by atoms with Gasteiger partial charge in [-0.05, 0) is 26.0 Å². The summed E-state index contributed by atoms with van der Waals surface area (Å²) in [7, 11) is 1.45. The molecule has 0 saturated carbocycles. The number of benzene rings is 2. The SMILES string of the molecule is COc1cc2c(c3oc4ccccc4c(=O)c13)[C@@H](O)[C@@H](O)C(C)(C)O2. The number of rotatable bonds is 1. The monoisotopic (exact) mass is 342 g/mol. The standard InChI is InChI=1S/C19H18O6/c1-19(2)18(22)16(21)14-12(25-19)8-11(23-3)13-15(20)9-6-4-5-7-10(9)24-17(13)14/h4-8,16,18,21-22H,1-3H3/t16-,18-/m1/s1. The molecule has 0 saturated heterocycles. The van der Waals surface area contributed by atoms with Crippen molar-refractivity contribution in [1.29, 1.82) is 0 Å². The Morgan fingerprint density at radius 1 is 1.20 bits per heavy atom. The normalized spacial score (nSPS) is 21.8. The fraction of sp³-hybridized carbons (Fsp3) is 0.316. The molecule has 0 fully saturated rings. The molecule has 2 N–H and O–H groups in total. The second-order valence-electron chi connectivity index (χ2n) is 6.72. The molecule has 0 unspecified atom stereocenters. The van der Waals surface area contributed by atoms with Crippen molar-refractivity contribution in [2.45, 2.75) is 31.7 Å². The Hall–Kier alpha value is -2.57. The largest absolute Gasteiger partial charge is 0.496 e. The topological polar surface area (TPSA) is 89.1 Å². The first-order valence-corrected chi connectivity index (χ1v) is 7.96. The van der Waals surface area contributed by atoms with Crippen molar-refractivity contribution in [3.05, 3.63) is 46.1 Å². The molecule has 0 amide bonds. The molecule has 1 aliphatic rings. The fourth-order valence-electron chi connectivity index (χ4n) is 3.34. The quantitative estimate of drug-likeness (QED) is 0.661. The molecule has 0 aliphatic carbocycles. The summed E-state index contributed by atoms with van der Waals surface area (Å²) in [6.07, 6.45) is -2.43. The van der Waals surface area contributed by atoms with Crippen molar-refractivity contribution in [2.24, 2.45) is 0 Å². The molecule has 0 radical (unpaired) electrons. The summed E-state index contributed by atoms with van der Waals surface area (Å²) in [6, 6.07) is 8.41. The highest BCUT2D eigenvalue weighted by molar-refractivity contribution is 5.96. The van der Waals surface area contributed by atoms with E-state index in [0.717, 1.165) is 0 Å². The van der Waals surface area contributed by atoms with Gasteiger partial charge in [0.25, 0.3) is 0 Å². The first-order valence-electron chi connectivity index (χ1n) is 7.96. The number of fused-ring (bicyclic) bond motifs is 4. The van der Waals surface area contributed by atoms with E-state index in [0.29, 0.717) is 22.5 Å². The molecular weight excluding hydrogens is 324 g/mol. The van der Waals surface area contributed by atoms with E-state index >= 15 is 0 Å². The van der Waals surface area contributed by atoms with Gasteiger partial charge in [0.15, 0.2) is 5.58 Å². The van der Waals surface area contributed by atoms with E-state index in [9.17, 15) is 15.0 Å². The third-order valence-corrected chi connectivity index (χ3v) is 4.72. The minimum Gasteiger partial charge on any atom is -0.496 e. The van der Waals surface area contributed by atoms with Gasteiger partial charge in [-0.2, -0.15) is 0 Å². The Labute approximate surface area is 143 Å². The van der Waals surface area contributed by atoms with Crippen molar-refractivity contribution in [3.8, 4) is 11.5 Å². The predicted molar refractivity (Wildman–Crippen MR) is 92.2 cm³/mol. The van der Waals surface area contributed by atoms with E-state index in [-0.39, 0.29) is 22.0 Å². The number of ether oxygens (including phenoxy) is 2. The zero-order valence-corrected chi connectivity index (χ0v) is 14.1. The lowest BCUT2D eigenvalue weighted by Crippen LogP contribution is -2.48. The van der Waals surface area contributed by atoms with Crippen LogP contribution in [0.4, 0.5) is 0 Å². The Morgan fingerprint density at radius 3 is 2.64 bits per heavy atom. The van der Waals surface area contributed by atoms with Crippen LogP contribution in [0.15, 0.2) is 39.5 Å². The zero-order valence-electron chi connectivity index (χ0n) is 14.1. The predicted octanol–water partition coefficient (Wildman–Crippen LogP) is 2.52. The summed E-state index contributed by atoms with van der Waals surface area (Å²) >= 11 is 0. The number of para-hydroxylation sites is 1. The maximum atomic E-state index is 12.9. The lowest BCUT2D eigenvalue weighted by Gasteiger charge is -2.40. The third-order valence-electron chi connectivity index (χ3n) is 4.72. The van der Waals surface area contributed by atoms with Crippen LogP contribution in [-0.2, 0) is 0 Å². The van der Waals surface area contributed by atoms with Crippen molar-refractivity contribution in [1.82, 2.24) is 0 Å². The average molecular weight is 342 g/mol. The summed E-state index contributed by atoms with van der Waals surface area (Å²) in [6.45, 7) is 3.36. The van der Waals surface area contributed by atoms with Gasteiger partial charge in [0.05, 0.1) is 18.1 Å². The van der Waals surface area contributed by atoms with Crippen molar-refractivity contribution < 1.29 is 24.1 Å². The van der Waals surface area contributed by atoms with Crippen LogP contribution in [-0.4, -0.2) is 29.0 Å². The summed E-state index contributed by atoms with van der Waals surface area (Å²) in [4.78, 5) is 12.9. The van der Waals surface area contributed by atoms with Crippen LogP contribution in [0, 0.1) is 0 Å². The van der Waals surface area contributed by atoms with Crippen LogP contribution < -0.4 is 14.9 Å². The van der Waals surface area contributed by atoms with Crippen molar-refractivity contribution in [3.63, 3.8) is 0 Å². The number of aliphatic hydroxyl groups is 2. The molecule has 2 aromatic carbocycles. The molecule has 1 aliphatic heterocycles. The van der Waals surface area contributed by atoms with Gasteiger partial charge in [0.1, 0.15) is 40.3 Å². The van der Waals surface area contributed by atoms with E-state index in [1.807, 2.05) is 0 Å². The second-order valence-corrected chi connectivity index (χ2v) is 6.72. The van der Waals surface area contributed by atoms with Gasteiger partial charge in [0.2, 0.25) is 5.43 Å². The molecule has 1 aromatic heterocycles. The Bertz CT molecular complexity index is 1050. The number of hydrogen-bond acceptors (Lipinski definition) is 6. The van der Waals surface area contributed by atoms with E-state index in [1.165, 1.54) is 7.11 Å². The first-order chi connectivity index (χ1) is 11.8. The summed E-state index contributed by atoms with van der Waals surface area (Å²) in [5, 5.41) is 21.7. The number of hydrogen-bond donors (Lipinski definition) is 2. The molecule has 6 heteroatoms. The highest BCUT2D eigenvalue weighted by atomic mass is 16.5. The molecule has 2 heterocycles. The lowest BCUT2D eigenvalue weighted by atomic mass is 9.87. The van der Waals surface area contributed by atoms with Gasteiger partial charge < -0.3 is 24.1 Å². The fourth-order valence-corrected chi connectivity index (χ4v) is 3.34. The van der Waals surface area contributed by atoms with Crippen LogP contribution in [0.2, 0.25) is 0 Å². The lowest BCUT2D eigenvalue weighted by molar-refractivity contribution is -0.111. The van der Waals surface area contributed by atoms with Crippen LogP contribution in [0.3, 0.4) is 0 Å². The van der Waals surface area contributed by atoms with Gasteiger partial charge in [-0.15, -0.1) is 0 Å². The molecule has 0 spiro atoms. The van der Waals surface area contributed by atoms with Crippen LogP contribution >= 0.6 is 0 Å². The van der Waals surface area contributed by atoms with E-state index in [2.05, 4.69) is 0 Å². The van der Waals surface area contributed by atoms with Gasteiger partial charge in [-0.1, -0.05) is 12.1 Å². The molecule has 25 heavy (non-hydrogen) atoms. The van der Waals surface area contributed by atoms with E-state index < -0.39 is 17.8 Å². The van der Waals surface area contributed by atoms with Crippen LogP contribution in [0.1, 0.15) is 25.5 Å². The number of methoxy groups -OCH3 is 1. The van der Waals surface area contributed by atoms with Crippen LogP contribution in [0.25, 0.3) is 21.9 Å². The smallest absolute Gasteiger partial charge is 0.204 e. The van der Waals surface area contributed by atoms with E-state index in [4.69, 9.17) is 13.9 Å². The molecule has 2 atom stereocenters. The molecular formula is C19H18O6. The Kier molecular flexibility index (Phi) is 3.32. The zero-order chi connectivity index (χ0) is 17.9. The molecule has 3 aromatic rings.